The SMILES string of the molecule is COC(=O)CCN(CC(F)(F)F)C(=O)C(C)C(=O)O. The van der Waals surface area contributed by atoms with E-state index in [0.29, 0.717) is 0 Å². The number of ether oxygens (including phenoxy) is 1. The highest BCUT2D eigenvalue weighted by Crippen LogP contribution is 2.18. The normalized spacial score (nSPS) is 12.7. The Bertz CT molecular complexity index is 356. The van der Waals surface area contributed by atoms with Crippen LogP contribution in [0.5, 0.6) is 0 Å². The minimum absolute atomic E-state index is 0.287. The lowest BCUT2D eigenvalue weighted by atomic mass is 10.1. The molecular weight excluding hydrogens is 271 g/mol. The largest absolute Gasteiger partial charge is 0.481 e. The van der Waals surface area contributed by atoms with Crippen molar-refractivity contribution in [2.24, 2.45) is 5.92 Å². The number of hydrogen-bond donors (Lipinski definition) is 1. The van der Waals surface area contributed by atoms with E-state index in [1.165, 1.54) is 0 Å². The molecule has 1 N–H and O–H groups in total. The van der Waals surface area contributed by atoms with E-state index >= 15 is 0 Å². The number of esters is 1. The van der Waals surface area contributed by atoms with Crippen molar-refractivity contribution in [3.8, 4) is 0 Å². The number of carbonyl (C=O) groups excluding carboxylic acids is 2. The van der Waals surface area contributed by atoms with Crippen LogP contribution >= 0.6 is 0 Å². The second-order valence-corrected chi connectivity index (χ2v) is 3.76. The third kappa shape index (κ3) is 6.63. The quantitative estimate of drug-likeness (QED) is 0.572. The van der Waals surface area contributed by atoms with Gasteiger partial charge in [-0.25, -0.2) is 0 Å². The van der Waals surface area contributed by atoms with Gasteiger partial charge >= 0.3 is 18.1 Å². The Morgan fingerprint density at radius 3 is 2.21 bits per heavy atom. The first-order chi connectivity index (χ1) is 8.58. The second kappa shape index (κ2) is 6.95. The molecule has 0 aromatic carbocycles. The van der Waals surface area contributed by atoms with Crippen molar-refractivity contribution in [3.63, 3.8) is 0 Å². The van der Waals surface area contributed by atoms with Crippen LogP contribution in [0.3, 0.4) is 0 Å². The Hall–Kier alpha value is -1.80. The number of aliphatic carboxylic acids is 1. The highest BCUT2D eigenvalue weighted by molar-refractivity contribution is 5.96. The number of hydrogen-bond acceptors (Lipinski definition) is 4. The molecule has 1 atom stereocenters. The number of nitrogens with zero attached hydrogens (tertiary/aromatic N) is 1. The van der Waals surface area contributed by atoms with Crippen LogP contribution in [0, 0.1) is 5.92 Å². The molecule has 0 aliphatic rings. The molecule has 6 nitrogen and oxygen atoms in total. The smallest absolute Gasteiger partial charge is 0.406 e. The molecule has 0 saturated carbocycles. The summed E-state index contributed by atoms with van der Waals surface area (Å²) in [7, 11) is 1.05. The van der Waals surface area contributed by atoms with E-state index < -0.39 is 49.5 Å². The van der Waals surface area contributed by atoms with Crippen LogP contribution in [0.2, 0.25) is 0 Å². The summed E-state index contributed by atoms with van der Waals surface area (Å²) in [6.07, 6.45) is -5.12. The Labute approximate surface area is 107 Å². The van der Waals surface area contributed by atoms with Gasteiger partial charge in [-0.2, -0.15) is 13.2 Å². The fourth-order valence-electron chi connectivity index (χ4n) is 1.19. The number of halogens is 3. The van der Waals surface area contributed by atoms with E-state index in [1.807, 2.05) is 0 Å². The molecule has 1 unspecified atom stereocenters. The van der Waals surface area contributed by atoms with Gasteiger partial charge in [0.25, 0.3) is 0 Å². The molecule has 0 bridgehead atoms. The molecule has 0 aromatic rings. The fourth-order valence-corrected chi connectivity index (χ4v) is 1.19. The molecule has 0 rings (SSSR count). The Balaban J connectivity index is 4.80. The van der Waals surface area contributed by atoms with Gasteiger partial charge in [0.05, 0.1) is 13.5 Å². The Morgan fingerprint density at radius 1 is 1.32 bits per heavy atom. The molecule has 0 aliphatic carbocycles. The lowest BCUT2D eigenvalue weighted by molar-refractivity contribution is -0.168. The molecular formula is C10H14F3NO5. The number of carboxylic acid groups (broad SMARTS) is 1. The van der Waals surface area contributed by atoms with E-state index in [0.717, 1.165) is 14.0 Å². The molecule has 0 saturated heterocycles. The highest BCUT2D eigenvalue weighted by atomic mass is 19.4. The van der Waals surface area contributed by atoms with Gasteiger partial charge < -0.3 is 14.7 Å². The van der Waals surface area contributed by atoms with Crippen LogP contribution in [-0.2, 0) is 19.1 Å². The van der Waals surface area contributed by atoms with Gasteiger partial charge in [0.15, 0.2) is 0 Å². The van der Waals surface area contributed by atoms with Crippen LogP contribution in [0.1, 0.15) is 13.3 Å². The summed E-state index contributed by atoms with van der Waals surface area (Å²) in [5.41, 5.74) is 0. The average Bonchev–Trinajstić information content (AvgIpc) is 2.30. The minimum atomic E-state index is -4.68. The summed E-state index contributed by atoms with van der Waals surface area (Å²) in [6, 6.07) is 0. The van der Waals surface area contributed by atoms with Crippen molar-refractivity contribution in [2.45, 2.75) is 19.5 Å². The number of alkyl halides is 3. The van der Waals surface area contributed by atoms with Crippen LogP contribution in [0.15, 0.2) is 0 Å². The Kier molecular flexibility index (Phi) is 6.30. The van der Waals surface area contributed by atoms with Crippen molar-refractivity contribution in [2.75, 3.05) is 20.2 Å². The maximum atomic E-state index is 12.3. The van der Waals surface area contributed by atoms with Crippen LogP contribution in [0.4, 0.5) is 13.2 Å². The van der Waals surface area contributed by atoms with Gasteiger partial charge in [-0.3, -0.25) is 14.4 Å². The summed E-state index contributed by atoms with van der Waals surface area (Å²) in [4.78, 5) is 33.3. The third-order valence-corrected chi connectivity index (χ3v) is 2.24. The monoisotopic (exact) mass is 285 g/mol. The molecule has 0 heterocycles. The molecule has 1 amide bonds. The van der Waals surface area contributed by atoms with Gasteiger partial charge in [-0.15, -0.1) is 0 Å². The summed E-state index contributed by atoms with van der Waals surface area (Å²) in [6.45, 7) is -1.19. The van der Waals surface area contributed by atoms with E-state index in [2.05, 4.69) is 4.74 Å². The van der Waals surface area contributed by atoms with Crippen molar-refractivity contribution >= 4 is 17.8 Å². The molecule has 0 aliphatic heterocycles. The highest BCUT2D eigenvalue weighted by Gasteiger charge is 2.36. The molecule has 9 heteroatoms. The standard InChI is InChI=1S/C10H14F3NO5/c1-6(9(17)18)8(16)14(5-10(11,12)13)4-3-7(15)19-2/h6H,3-5H2,1-2H3,(H,17,18). The van der Waals surface area contributed by atoms with Crippen LogP contribution < -0.4 is 0 Å². The topological polar surface area (TPSA) is 83.9 Å². The zero-order chi connectivity index (χ0) is 15.2. The number of rotatable bonds is 6. The first-order valence-corrected chi connectivity index (χ1v) is 5.23. The first-order valence-electron chi connectivity index (χ1n) is 5.23. The van der Waals surface area contributed by atoms with E-state index in [-0.39, 0.29) is 4.90 Å². The van der Waals surface area contributed by atoms with Crippen molar-refractivity contribution in [3.05, 3.63) is 0 Å². The third-order valence-electron chi connectivity index (χ3n) is 2.24. The summed E-state index contributed by atoms with van der Waals surface area (Å²) >= 11 is 0. The molecule has 0 radical (unpaired) electrons. The number of methoxy groups -OCH3 is 1. The first kappa shape index (κ1) is 17.2. The average molecular weight is 285 g/mol. The predicted molar refractivity (Wildman–Crippen MR) is 56.1 cm³/mol. The maximum absolute atomic E-state index is 12.3. The van der Waals surface area contributed by atoms with E-state index in [9.17, 15) is 27.6 Å². The van der Waals surface area contributed by atoms with Crippen molar-refractivity contribution < 1.29 is 37.4 Å². The zero-order valence-corrected chi connectivity index (χ0v) is 10.4. The fraction of sp³-hybridized carbons (Fsp3) is 0.700. The summed E-state index contributed by atoms with van der Waals surface area (Å²) in [5, 5.41) is 8.60. The van der Waals surface area contributed by atoms with Gasteiger partial charge in [0, 0.05) is 6.54 Å². The second-order valence-electron chi connectivity index (χ2n) is 3.76. The summed E-state index contributed by atoms with van der Waals surface area (Å²) < 4.78 is 41.1. The van der Waals surface area contributed by atoms with E-state index in [1.54, 1.807) is 0 Å². The van der Waals surface area contributed by atoms with Gasteiger partial charge in [0.1, 0.15) is 12.5 Å². The van der Waals surface area contributed by atoms with Crippen molar-refractivity contribution in [1.29, 1.82) is 0 Å². The zero-order valence-electron chi connectivity index (χ0n) is 10.4. The number of amides is 1. The van der Waals surface area contributed by atoms with Crippen LogP contribution in [0.25, 0.3) is 0 Å². The van der Waals surface area contributed by atoms with Gasteiger partial charge in [0.2, 0.25) is 5.91 Å². The lowest BCUT2D eigenvalue weighted by Gasteiger charge is -2.25. The molecule has 0 spiro atoms. The Morgan fingerprint density at radius 2 is 1.84 bits per heavy atom. The molecule has 0 aromatic heterocycles. The molecule has 19 heavy (non-hydrogen) atoms. The van der Waals surface area contributed by atoms with Gasteiger partial charge in [-0.1, -0.05) is 0 Å². The molecule has 0 fully saturated rings. The van der Waals surface area contributed by atoms with Crippen LogP contribution in [-0.4, -0.2) is 54.2 Å². The number of carboxylic acids is 1. The number of carbonyl (C=O) groups is 3. The molecule has 110 valence electrons. The predicted octanol–water partition coefficient (Wildman–Crippen LogP) is 0.661. The van der Waals surface area contributed by atoms with Crippen molar-refractivity contribution in [1.82, 2.24) is 4.90 Å². The van der Waals surface area contributed by atoms with Gasteiger partial charge in [-0.05, 0) is 6.92 Å². The van der Waals surface area contributed by atoms with E-state index in [4.69, 9.17) is 5.11 Å². The maximum Gasteiger partial charge on any atom is 0.406 e. The summed E-state index contributed by atoms with van der Waals surface area (Å²) in [5.74, 6) is -5.13. The minimum Gasteiger partial charge on any atom is -0.481 e. The lowest BCUT2D eigenvalue weighted by Crippen LogP contribution is -2.44.